The summed E-state index contributed by atoms with van der Waals surface area (Å²) in [5, 5.41) is 13.2. The maximum atomic E-state index is 12.4. The maximum absolute atomic E-state index is 12.4. The van der Waals surface area contributed by atoms with Crippen LogP contribution < -0.4 is 10.1 Å². The van der Waals surface area contributed by atoms with Crippen LogP contribution in [0.2, 0.25) is 0 Å². The molecule has 0 radical (unpaired) electrons. The van der Waals surface area contributed by atoms with E-state index in [4.69, 9.17) is 4.74 Å². The molecule has 0 saturated carbocycles. The Kier molecular flexibility index (Phi) is 4.86. The normalized spacial score (nSPS) is 19.2. The summed E-state index contributed by atoms with van der Waals surface area (Å²) in [7, 11) is 0. The summed E-state index contributed by atoms with van der Waals surface area (Å²) < 4.78 is 5.66. The molecule has 1 amide bonds. The number of hydrogen-bond donors (Lipinski definition) is 2. The summed E-state index contributed by atoms with van der Waals surface area (Å²) >= 11 is 0. The Morgan fingerprint density at radius 3 is 2.83 bits per heavy atom. The third-order valence-electron chi connectivity index (χ3n) is 4.16. The van der Waals surface area contributed by atoms with Crippen LogP contribution in [0, 0.1) is 0 Å². The Morgan fingerprint density at radius 2 is 2.04 bits per heavy atom. The van der Waals surface area contributed by atoms with Crippen LogP contribution in [0.15, 0.2) is 48.5 Å². The van der Waals surface area contributed by atoms with Crippen LogP contribution in [0.1, 0.15) is 36.6 Å². The lowest BCUT2D eigenvalue weighted by Crippen LogP contribution is -2.34. The summed E-state index contributed by atoms with van der Waals surface area (Å²) in [4.78, 5) is 12.4. The van der Waals surface area contributed by atoms with Gasteiger partial charge in [-0.25, -0.2) is 0 Å². The van der Waals surface area contributed by atoms with Crippen molar-refractivity contribution in [3.8, 4) is 5.75 Å². The monoisotopic (exact) mass is 325 g/mol. The molecule has 126 valence electrons. The van der Waals surface area contributed by atoms with Gasteiger partial charge in [-0.3, -0.25) is 4.79 Å². The van der Waals surface area contributed by atoms with E-state index < -0.39 is 6.10 Å². The third-order valence-corrected chi connectivity index (χ3v) is 4.16. The number of carbonyl (C=O) groups is 1. The predicted octanol–water partition coefficient (Wildman–Crippen LogP) is 2.79. The molecule has 2 aromatic carbocycles. The fraction of sp³-hybridized carbons (Fsp3) is 0.350. The van der Waals surface area contributed by atoms with Gasteiger partial charge < -0.3 is 15.2 Å². The topological polar surface area (TPSA) is 58.6 Å². The van der Waals surface area contributed by atoms with Gasteiger partial charge >= 0.3 is 0 Å². The second-order valence-corrected chi connectivity index (χ2v) is 6.51. The van der Waals surface area contributed by atoms with Crippen LogP contribution in [0.25, 0.3) is 0 Å². The van der Waals surface area contributed by atoms with E-state index in [0.717, 1.165) is 22.4 Å². The largest absolute Gasteiger partial charge is 0.491 e. The van der Waals surface area contributed by atoms with E-state index in [1.165, 1.54) is 0 Å². The summed E-state index contributed by atoms with van der Waals surface area (Å²) in [5.41, 5.74) is 3.00. The molecule has 0 saturated heterocycles. The molecule has 0 aromatic heterocycles. The summed E-state index contributed by atoms with van der Waals surface area (Å²) in [6.07, 6.45) is 0.376. The Hall–Kier alpha value is -2.33. The molecule has 1 aliphatic carbocycles. The molecular weight excluding hydrogens is 302 g/mol. The van der Waals surface area contributed by atoms with E-state index in [1.54, 1.807) is 0 Å². The van der Waals surface area contributed by atoms with Crippen LogP contribution in [0.3, 0.4) is 0 Å². The van der Waals surface area contributed by atoms with Gasteiger partial charge in [0, 0.05) is 6.42 Å². The Morgan fingerprint density at radius 1 is 1.25 bits per heavy atom. The maximum Gasteiger partial charge on any atom is 0.224 e. The molecule has 2 atom stereocenters. The summed E-state index contributed by atoms with van der Waals surface area (Å²) in [6, 6.07) is 15.1. The summed E-state index contributed by atoms with van der Waals surface area (Å²) in [6.45, 7) is 3.94. The molecule has 24 heavy (non-hydrogen) atoms. The molecule has 0 aliphatic heterocycles. The van der Waals surface area contributed by atoms with E-state index in [9.17, 15) is 9.90 Å². The quantitative estimate of drug-likeness (QED) is 0.889. The van der Waals surface area contributed by atoms with Crippen molar-refractivity contribution in [2.45, 2.75) is 44.9 Å². The van der Waals surface area contributed by atoms with Gasteiger partial charge in [0.25, 0.3) is 0 Å². The molecule has 2 aromatic rings. The molecule has 0 bridgehead atoms. The van der Waals surface area contributed by atoms with Crippen molar-refractivity contribution in [1.29, 1.82) is 0 Å². The van der Waals surface area contributed by atoms with Gasteiger partial charge in [0.15, 0.2) is 0 Å². The zero-order valence-electron chi connectivity index (χ0n) is 14.0. The molecule has 4 nitrogen and oxygen atoms in total. The number of amides is 1. The van der Waals surface area contributed by atoms with E-state index in [-0.39, 0.29) is 24.5 Å². The fourth-order valence-corrected chi connectivity index (χ4v) is 3.16. The van der Waals surface area contributed by atoms with Gasteiger partial charge in [0.1, 0.15) is 5.75 Å². The molecular formula is C20H23NO3. The Balaban J connectivity index is 1.66. The van der Waals surface area contributed by atoms with Crippen LogP contribution in [0.4, 0.5) is 0 Å². The minimum atomic E-state index is -0.568. The number of aliphatic hydroxyl groups excluding tert-OH is 1. The number of benzene rings is 2. The van der Waals surface area contributed by atoms with Crippen molar-refractivity contribution >= 4 is 5.91 Å². The predicted molar refractivity (Wildman–Crippen MR) is 92.9 cm³/mol. The van der Waals surface area contributed by atoms with Crippen LogP contribution in [0.5, 0.6) is 5.75 Å². The first-order valence-electron chi connectivity index (χ1n) is 8.34. The van der Waals surface area contributed by atoms with Crippen molar-refractivity contribution in [2.24, 2.45) is 0 Å². The Labute approximate surface area is 142 Å². The molecule has 0 heterocycles. The van der Waals surface area contributed by atoms with E-state index in [0.29, 0.717) is 6.42 Å². The number of hydrogen-bond acceptors (Lipinski definition) is 3. The fourth-order valence-electron chi connectivity index (χ4n) is 3.16. The second-order valence-electron chi connectivity index (χ2n) is 6.51. The third kappa shape index (κ3) is 3.77. The van der Waals surface area contributed by atoms with Crippen LogP contribution >= 0.6 is 0 Å². The van der Waals surface area contributed by atoms with Crippen LogP contribution in [-0.4, -0.2) is 23.2 Å². The van der Waals surface area contributed by atoms with Crippen molar-refractivity contribution in [1.82, 2.24) is 5.32 Å². The van der Waals surface area contributed by atoms with E-state index in [2.05, 4.69) is 5.32 Å². The lowest BCUT2D eigenvalue weighted by Gasteiger charge is -2.18. The Bertz CT molecular complexity index is 726. The molecule has 0 fully saturated rings. The zero-order chi connectivity index (χ0) is 17.1. The first-order chi connectivity index (χ1) is 11.5. The van der Waals surface area contributed by atoms with Crippen molar-refractivity contribution < 1.29 is 14.6 Å². The molecule has 3 rings (SSSR count). The van der Waals surface area contributed by atoms with E-state index in [1.807, 2.05) is 62.4 Å². The smallest absolute Gasteiger partial charge is 0.224 e. The minimum absolute atomic E-state index is 0.0965. The number of nitrogens with one attached hydrogen (secondary N) is 1. The van der Waals surface area contributed by atoms with Gasteiger partial charge in [-0.2, -0.15) is 0 Å². The van der Waals surface area contributed by atoms with Crippen molar-refractivity contribution in [2.75, 3.05) is 0 Å². The number of carbonyl (C=O) groups excluding carboxylic acids is 1. The molecule has 0 unspecified atom stereocenters. The number of ether oxygens (including phenoxy) is 1. The van der Waals surface area contributed by atoms with Gasteiger partial charge in [-0.15, -0.1) is 0 Å². The first kappa shape index (κ1) is 16.5. The van der Waals surface area contributed by atoms with Gasteiger partial charge in [0.2, 0.25) is 5.91 Å². The average Bonchev–Trinajstić information content (AvgIpc) is 2.83. The average molecular weight is 325 g/mol. The molecule has 2 N–H and O–H groups in total. The highest BCUT2D eigenvalue weighted by Crippen LogP contribution is 2.31. The van der Waals surface area contributed by atoms with Gasteiger partial charge in [-0.05, 0) is 42.7 Å². The van der Waals surface area contributed by atoms with E-state index >= 15 is 0 Å². The van der Waals surface area contributed by atoms with Gasteiger partial charge in [-0.1, -0.05) is 36.4 Å². The molecule has 4 heteroatoms. The van der Waals surface area contributed by atoms with Crippen molar-refractivity contribution in [3.05, 3.63) is 65.2 Å². The molecule has 1 aliphatic rings. The second kappa shape index (κ2) is 7.05. The SMILES string of the molecule is CC(C)Oc1cccc(CC(=O)N[C@@H]2c3ccccc3C[C@@H]2O)c1. The lowest BCUT2D eigenvalue weighted by atomic mass is 10.1. The number of aliphatic hydroxyl groups is 1. The highest BCUT2D eigenvalue weighted by atomic mass is 16.5. The highest BCUT2D eigenvalue weighted by Gasteiger charge is 2.31. The minimum Gasteiger partial charge on any atom is -0.491 e. The zero-order valence-corrected chi connectivity index (χ0v) is 14.0. The summed E-state index contributed by atoms with van der Waals surface area (Å²) in [5.74, 6) is 0.666. The van der Waals surface area contributed by atoms with Crippen molar-refractivity contribution in [3.63, 3.8) is 0 Å². The van der Waals surface area contributed by atoms with Crippen LogP contribution in [-0.2, 0) is 17.6 Å². The van der Waals surface area contributed by atoms with Gasteiger partial charge in [0.05, 0.1) is 24.7 Å². The standard InChI is InChI=1S/C20H23NO3/c1-13(2)24-16-8-5-6-14(10-16)11-19(23)21-20-17-9-4-3-7-15(17)12-18(20)22/h3-10,13,18,20,22H,11-12H2,1-2H3,(H,21,23)/t18-,20+/m0/s1. The number of rotatable bonds is 5. The highest BCUT2D eigenvalue weighted by molar-refractivity contribution is 5.79. The number of fused-ring (bicyclic) bond motifs is 1. The first-order valence-corrected chi connectivity index (χ1v) is 8.34. The molecule has 0 spiro atoms. The lowest BCUT2D eigenvalue weighted by molar-refractivity contribution is -0.121.